The molecule has 0 aromatic heterocycles. The Bertz CT molecular complexity index is 1490. The summed E-state index contributed by atoms with van der Waals surface area (Å²) in [6.45, 7) is 19.7. The zero-order valence-corrected chi connectivity index (χ0v) is 37.4. The summed E-state index contributed by atoms with van der Waals surface area (Å²) in [6, 6.07) is -0.941. The van der Waals surface area contributed by atoms with E-state index in [9.17, 15) is 29.7 Å². The van der Waals surface area contributed by atoms with Crippen LogP contribution in [0.5, 0.6) is 0 Å². The average molecular weight is 821 g/mol. The molecule has 13 nitrogen and oxygen atoms in total. The summed E-state index contributed by atoms with van der Waals surface area (Å²) >= 11 is 0. The van der Waals surface area contributed by atoms with Crippen LogP contribution in [0.15, 0.2) is 12.2 Å². The molecule has 0 aromatic rings. The fourth-order valence-corrected chi connectivity index (χ4v) is 10.9. The Morgan fingerprint density at radius 3 is 2.16 bits per heavy atom. The zero-order chi connectivity index (χ0) is 43.1. The number of rotatable bonds is 13. The quantitative estimate of drug-likeness (QED) is 0.150. The van der Waals surface area contributed by atoms with E-state index in [-0.39, 0.29) is 47.9 Å². The third kappa shape index (κ3) is 8.93. The minimum absolute atomic E-state index is 0.0101. The first-order valence-corrected chi connectivity index (χ1v) is 22.3. The van der Waals surface area contributed by atoms with Crippen LogP contribution in [0, 0.1) is 41.4 Å². The van der Waals surface area contributed by atoms with Crippen LogP contribution in [0.25, 0.3) is 0 Å². The van der Waals surface area contributed by atoms with E-state index in [1.165, 1.54) is 4.90 Å². The molecule has 4 fully saturated rings. The number of carbonyl (C=O) groups excluding carboxylic acids is 2. The van der Waals surface area contributed by atoms with Gasteiger partial charge in [-0.1, -0.05) is 61.5 Å². The maximum Gasteiger partial charge on any atom is 0.317 e. The van der Waals surface area contributed by atoms with E-state index >= 15 is 0 Å². The largest absolute Gasteiger partial charge is 0.481 e. The first-order chi connectivity index (χ1) is 27.1. The van der Waals surface area contributed by atoms with Crippen molar-refractivity contribution in [3.63, 3.8) is 0 Å². The van der Waals surface area contributed by atoms with Crippen molar-refractivity contribution in [1.29, 1.82) is 0 Å². The van der Waals surface area contributed by atoms with Gasteiger partial charge in [0.2, 0.25) is 0 Å². The minimum Gasteiger partial charge on any atom is -0.481 e. The topological polar surface area (TPSA) is 173 Å². The van der Waals surface area contributed by atoms with Crippen LogP contribution in [0.3, 0.4) is 0 Å². The summed E-state index contributed by atoms with van der Waals surface area (Å²) in [6.07, 6.45) is 6.65. The van der Waals surface area contributed by atoms with Gasteiger partial charge < -0.3 is 49.2 Å². The van der Waals surface area contributed by atoms with Crippen molar-refractivity contribution in [2.45, 2.75) is 199 Å². The van der Waals surface area contributed by atoms with Crippen LogP contribution in [-0.4, -0.2) is 118 Å². The molecular formula is C45H76N2O11. The third-order valence-electron chi connectivity index (χ3n) is 15.2. The van der Waals surface area contributed by atoms with Gasteiger partial charge in [-0.2, -0.15) is 0 Å². The molecule has 58 heavy (non-hydrogen) atoms. The number of carbonyl (C=O) groups is 3. The van der Waals surface area contributed by atoms with Crippen molar-refractivity contribution in [3.05, 3.63) is 12.2 Å². The Hall–Kier alpha value is -2.13. The van der Waals surface area contributed by atoms with Gasteiger partial charge in [0.25, 0.3) is 0 Å². The minimum atomic E-state index is -1.31. The van der Waals surface area contributed by atoms with Gasteiger partial charge in [-0.05, 0) is 89.5 Å². The van der Waals surface area contributed by atoms with Crippen molar-refractivity contribution in [2.75, 3.05) is 14.1 Å². The summed E-state index contributed by atoms with van der Waals surface area (Å²) < 4.78 is 34.3. The van der Waals surface area contributed by atoms with E-state index in [0.29, 0.717) is 57.8 Å². The van der Waals surface area contributed by atoms with Gasteiger partial charge in [0.1, 0.15) is 11.8 Å². The van der Waals surface area contributed by atoms with E-state index in [2.05, 4.69) is 26.1 Å². The normalized spacial score (nSPS) is 43.0. The smallest absolute Gasteiger partial charge is 0.317 e. The maximum absolute atomic E-state index is 14.6. The molecule has 4 N–H and O–H groups in total. The molecule has 0 radical (unpaired) electrons. The molecule has 0 unspecified atom stereocenters. The number of carboxylic acids is 1. The lowest BCUT2D eigenvalue weighted by atomic mass is 9.72. The number of aliphatic hydroxyl groups excluding tert-OH is 1. The van der Waals surface area contributed by atoms with Gasteiger partial charge in [0.05, 0.1) is 53.7 Å². The number of carboxylic acid groups (broad SMARTS) is 1. The third-order valence-corrected chi connectivity index (χ3v) is 15.2. The Kier molecular flexibility index (Phi) is 14.6. The Balaban J connectivity index is 1.38. The van der Waals surface area contributed by atoms with Crippen molar-refractivity contribution in [3.8, 4) is 0 Å². The molecule has 0 saturated carbocycles. The highest BCUT2D eigenvalue weighted by atomic mass is 16.8. The van der Waals surface area contributed by atoms with Gasteiger partial charge in [-0.3, -0.25) is 9.59 Å². The molecule has 5 aliphatic rings. The maximum atomic E-state index is 14.6. The average Bonchev–Trinajstić information content (AvgIpc) is 3.52. The molecule has 2 amide bonds. The van der Waals surface area contributed by atoms with Crippen molar-refractivity contribution < 1.29 is 53.4 Å². The van der Waals surface area contributed by atoms with Gasteiger partial charge in [-0.15, -0.1) is 0 Å². The molecule has 18 atom stereocenters. The number of nitrogens with zero attached hydrogens (tertiary/aromatic N) is 1. The second-order valence-electron chi connectivity index (χ2n) is 19.3. The van der Waals surface area contributed by atoms with Crippen LogP contribution >= 0.6 is 0 Å². The summed E-state index contributed by atoms with van der Waals surface area (Å²) in [5.74, 6) is -5.89. The fourth-order valence-electron chi connectivity index (χ4n) is 10.9. The molecule has 5 aliphatic heterocycles. The van der Waals surface area contributed by atoms with E-state index < -0.39 is 76.8 Å². The molecular weight excluding hydrogens is 744 g/mol. The number of hydrogen-bond acceptors (Lipinski definition) is 10. The highest BCUT2D eigenvalue weighted by molar-refractivity contribution is 5.84. The lowest BCUT2D eigenvalue weighted by Gasteiger charge is -2.55. The molecule has 0 aromatic carbocycles. The molecule has 332 valence electrons. The monoisotopic (exact) mass is 821 g/mol. The molecule has 5 heterocycles. The Labute approximate surface area is 347 Å². The van der Waals surface area contributed by atoms with Crippen LogP contribution in [0.2, 0.25) is 0 Å². The second-order valence-corrected chi connectivity index (χ2v) is 19.3. The molecule has 2 spiro atoms. The Morgan fingerprint density at radius 2 is 1.57 bits per heavy atom. The van der Waals surface area contributed by atoms with E-state index in [4.69, 9.17) is 23.7 Å². The number of Topliss-reactive ketones (excluding diaryl/α,β-unsaturated/α-hetero) is 1. The fraction of sp³-hybridized carbons (Fsp3) is 0.889. The number of hydrogen-bond donors (Lipinski definition) is 4. The van der Waals surface area contributed by atoms with E-state index in [1.807, 2.05) is 53.7 Å². The van der Waals surface area contributed by atoms with Gasteiger partial charge in [-0.25, -0.2) is 4.79 Å². The summed E-state index contributed by atoms with van der Waals surface area (Å²) in [4.78, 5) is 41.2. The van der Waals surface area contributed by atoms with Crippen molar-refractivity contribution >= 4 is 17.8 Å². The lowest BCUT2D eigenvalue weighted by molar-refractivity contribution is -0.397. The lowest BCUT2D eigenvalue weighted by Crippen LogP contribution is -2.66. The predicted octanol–water partition coefficient (Wildman–Crippen LogP) is 6.47. The highest BCUT2D eigenvalue weighted by Crippen LogP contribution is 2.54. The van der Waals surface area contributed by atoms with Crippen LogP contribution < -0.4 is 5.32 Å². The van der Waals surface area contributed by atoms with Gasteiger partial charge in [0.15, 0.2) is 11.6 Å². The number of urea groups is 1. The number of ether oxygens (including phenoxy) is 5. The standard InChI is InChI=1S/C45H76N2O11/c1-13-31(40(50)51)33-17-16-25(4)38(55-33)29(8)36(48)28(7)37(49)32(14-2)39-26(5)24-27(6)44(56-39)21-18-34(46-41(52)47(11)12)45(58-44)23-22-42(10,57-45)35-19-20-43(53,15-3)30(9)54-35/h18,21,25-36,38-39,48,53H,13-17,19-20,22-24H2,1-12H3,(H,46,52)(H,50,51)/t25-,26-,27+,28-,29-,30-,31+,32-,33+,34+,35+,36+,38+,39-,42-,43+,44-,45-/m0/s1. The first kappa shape index (κ1) is 46.9. The van der Waals surface area contributed by atoms with Crippen LogP contribution in [-0.2, 0) is 33.3 Å². The second kappa shape index (κ2) is 18.1. The van der Waals surface area contributed by atoms with Crippen molar-refractivity contribution in [2.24, 2.45) is 41.4 Å². The first-order valence-electron chi connectivity index (χ1n) is 22.3. The number of ketones is 1. The molecule has 4 saturated heterocycles. The van der Waals surface area contributed by atoms with E-state index in [0.717, 1.165) is 6.42 Å². The summed E-state index contributed by atoms with van der Waals surface area (Å²) in [5, 5.41) is 35.9. The molecule has 5 rings (SSSR count). The van der Waals surface area contributed by atoms with Gasteiger partial charge >= 0.3 is 12.0 Å². The summed E-state index contributed by atoms with van der Waals surface area (Å²) in [7, 11) is 3.37. The molecule has 0 aliphatic carbocycles. The number of nitrogens with one attached hydrogen (secondary N) is 1. The SMILES string of the molecule is CC[C@@H](C(=O)[C@@H](C)[C@@H](O)[C@H](C)[C@@H]1O[C@@H]([C@@H](CC)C(=O)O)CC[C@@H]1C)[C@H]1O[C@]2(C=C[C@@H](NC(=O)N(C)C)[C@]3(CC[C@@](C)([C@H]4CC[C@](O)(CC)[C@H](C)O4)O3)O2)[C@H](C)C[C@@H]1C. The Morgan fingerprint density at radius 1 is 0.897 bits per heavy atom. The highest BCUT2D eigenvalue weighted by Gasteiger charge is 2.63. The van der Waals surface area contributed by atoms with Crippen molar-refractivity contribution in [1.82, 2.24) is 10.2 Å². The van der Waals surface area contributed by atoms with Crippen LogP contribution in [0.4, 0.5) is 4.79 Å². The summed E-state index contributed by atoms with van der Waals surface area (Å²) in [5.41, 5.74) is -1.68. The zero-order valence-electron chi connectivity index (χ0n) is 37.4. The number of aliphatic hydroxyl groups is 2. The molecule has 13 heteroatoms. The number of aliphatic carboxylic acids is 1. The predicted molar refractivity (Wildman–Crippen MR) is 219 cm³/mol. The van der Waals surface area contributed by atoms with Crippen LogP contribution in [0.1, 0.15) is 133 Å². The van der Waals surface area contributed by atoms with E-state index in [1.54, 1.807) is 21.0 Å². The van der Waals surface area contributed by atoms with Gasteiger partial charge in [0, 0.05) is 44.2 Å². The molecule has 0 bridgehead atoms. The number of amides is 2.